The summed E-state index contributed by atoms with van der Waals surface area (Å²) in [4.78, 5) is 17.5. The summed E-state index contributed by atoms with van der Waals surface area (Å²) in [5, 5.41) is 0.468. The highest BCUT2D eigenvalue weighted by molar-refractivity contribution is 7.99. The number of ether oxygens (including phenoxy) is 1. The SMILES string of the molecule is O=C(CSc1nc(-c2ccccc2)c(-c2ccccc2)o1)c1ccc(Oc2ccccc2)cc1. The summed E-state index contributed by atoms with van der Waals surface area (Å²) in [6, 6.07) is 36.5. The molecular weight excluding hydrogens is 442 g/mol. The molecule has 0 saturated heterocycles. The number of benzene rings is 4. The van der Waals surface area contributed by atoms with Gasteiger partial charge in [0.1, 0.15) is 17.2 Å². The number of carbonyl (C=O) groups is 1. The van der Waals surface area contributed by atoms with Gasteiger partial charge in [0, 0.05) is 16.7 Å². The number of hydrogen-bond donors (Lipinski definition) is 0. The molecule has 0 amide bonds. The van der Waals surface area contributed by atoms with Crippen molar-refractivity contribution in [1.29, 1.82) is 0 Å². The van der Waals surface area contributed by atoms with Crippen LogP contribution in [0, 0.1) is 0 Å². The van der Waals surface area contributed by atoms with E-state index in [0.717, 1.165) is 22.6 Å². The first-order chi connectivity index (χ1) is 16.8. The van der Waals surface area contributed by atoms with Crippen molar-refractivity contribution in [2.45, 2.75) is 5.22 Å². The maximum Gasteiger partial charge on any atom is 0.257 e. The van der Waals surface area contributed by atoms with Crippen LogP contribution in [0.4, 0.5) is 0 Å². The normalized spacial score (nSPS) is 10.7. The molecule has 5 rings (SSSR count). The van der Waals surface area contributed by atoms with E-state index in [1.54, 1.807) is 24.3 Å². The summed E-state index contributed by atoms with van der Waals surface area (Å²) in [6.07, 6.45) is 0. The molecule has 0 saturated carbocycles. The zero-order valence-corrected chi connectivity index (χ0v) is 19.1. The fraction of sp³-hybridized carbons (Fsp3) is 0.0345. The summed E-state index contributed by atoms with van der Waals surface area (Å²) in [6.45, 7) is 0. The third-order valence-electron chi connectivity index (χ3n) is 5.17. The molecule has 0 radical (unpaired) electrons. The van der Waals surface area contributed by atoms with E-state index in [-0.39, 0.29) is 11.5 Å². The van der Waals surface area contributed by atoms with Gasteiger partial charge in [-0.1, -0.05) is 90.6 Å². The number of oxazole rings is 1. The maximum atomic E-state index is 12.8. The van der Waals surface area contributed by atoms with E-state index in [1.807, 2.05) is 91.0 Å². The molecule has 4 aromatic carbocycles. The third-order valence-corrected chi connectivity index (χ3v) is 6.00. The molecule has 34 heavy (non-hydrogen) atoms. The summed E-state index contributed by atoms with van der Waals surface area (Å²) < 4.78 is 11.9. The van der Waals surface area contributed by atoms with E-state index in [0.29, 0.717) is 22.3 Å². The van der Waals surface area contributed by atoms with Gasteiger partial charge in [0.25, 0.3) is 5.22 Å². The van der Waals surface area contributed by atoms with E-state index < -0.39 is 0 Å². The molecule has 0 bridgehead atoms. The Morgan fingerprint density at radius 1 is 0.706 bits per heavy atom. The summed E-state index contributed by atoms with van der Waals surface area (Å²) in [7, 11) is 0. The smallest absolute Gasteiger partial charge is 0.257 e. The molecule has 5 aromatic rings. The van der Waals surface area contributed by atoms with Crippen LogP contribution in [0.25, 0.3) is 22.6 Å². The van der Waals surface area contributed by atoms with Crippen molar-refractivity contribution >= 4 is 17.5 Å². The first-order valence-corrected chi connectivity index (χ1v) is 11.9. The quantitative estimate of drug-likeness (QED) is 0.174. The molecule has 0 aliphatic rings. The highest BCUT2D eigenvalue weighted by Crippen LogP contribution is 2.35. The number of nitrogens with zero attached hydrogens (tertiary/aromatic N) is 1. The average molecular weight is 464 g/mol. The van der Waals surface area contributed by atoms with Crippen LogP contribution in [0.15, 0.2) is 125 Å². The van der Waals surface area contributed by atoms with Crippen LogP contribution in [0.5, 0.6) is 11.5 Å². The average Bonchev–Trinajstić information content (AvgIpc) is 3.34. The number of ketones is 1. The Morgan fingerprint density at radius 2 is 1.26 bits per heavy atom. The second kappa shape index (κ2) is 10.2. The van der Waals surface area contributed by atoms with Gasteiger partial charge in [-0.2, -0.15) is 0 Å². The number of rotatable bonds is 8. The van der Waals surface area contributed by atoms with Gasteiger partial charge in [0.05, 0.1) is 5.75 Å². The van der Waals surface area contributed by atoms with Gasteiger partial charge in [0.15, 0.2) is 11.5 Å². The van der Waals surface area contributed by atoms with Crippen molar-refractivity contribution in [3.05, 3.63) is 121 Å². The van der Waals surface area contributed by atoms with Gasteiger partial charge in [-0.05, 0) is 36.4 Å². The lowest BCUT2D eigenvalue weighted by Crippen LogP contribution is -2.02. The molecule has 5 heteroatoms. The van der Waals surface area contributed by atoms with Crippen molar-refractivity contribution in [1.82, 2.24) is 4.98 Å². The van der Waals surface area contributed by atoms with Gasteiger partial charge < -0.3 is 9.15 Å². The third kappa shape index (κ3) is 5.11. The zero-order chi connectivity index (χ0) is 23.2. The van der Waals surface area contributed by atoms with Crippen LogP contribution in [0.3, 0.4) is 0 Å². The van der Waals surface area contributed by atoms with E-state index in [1.165, 1.54) is 11.8 Å². The van der Waals surface area contributed by atoms with Crippen molar-refractivity contribution < 1.29 is 13.9 Å². The first-order valence-electron chi connectivity index (χ1n) is 10.9. The number of thioether (sulfide) groups is 1. The predicted molar refractivity (Wildman–Crippen MR) is 135 cm³/mol. The highest BCUT2D eigenvalue weighted by Gasteiger charge is 2.18. The van der Waals surface area contributed by atoms with Gasteiger partial charge in [-0.25, -0.2) is 4.98 Å². The molecule has 0 aliphatic heterocycles. The minimum absolute atomic E-state index is 0.00279. The molecule has 1 aromatic heterocycles. The van der Waals surface area contributed by atoms with E-state index >= 15 is 0 Å². The lowest BCUT2D eigenvalue weighted by molar-refractivity contribution is 0.102. The Morgan fingerprint density at radius 3 is 1.91 bits per heavy atom. The lowest BCUT2D eigenvalue weighted by atomic mass is 10.1. The predicted octanol–water partition coefficient (Wildman–Crippen LogP) is 7.78. The number of Topliss-reactive ketones (excluding diaryl/α,β-unsaturated/α-hetero) is 1. The van der Waals surface area contributed by atoms with Gasteiger partial charge in [0.2, 0.25) is 0 Å². The number of para-hydroxylation sites is 1. The Labute approximate surface area is 202 Å². The summed E-state index contributed by atoms with van der Waals surface area (Å²) in [5.74, 6) is 2.36. The monoisotopic (exact) mass is 463 g/mol. The molecule has 166 valence electrons. The van der Waals surface area contributed by atoms with Crippen LogP contribution < -0.4 is 4.74 Å². The molecule has 0 atom stereocenters. The van der Waals surface area contributed by atoms with E-state index in [9.17, 15) is 4.79 Å². The van der Waals surface area contributed by atoms with Gasteiger partial charge in [-0.3, -0.25) is 4.79 Å². The number of aromatic nitrogens is 1. The minimum atomic E-state index is -0.00279. The Bertz CT molecular complexity index is 1310. The van der Waals surface area contributed by atoms with Crippen molar-refractivity contribution in [2.24, 2.45) is 0 Å². The van der Waals surface area contributed by atoms with Crippen molar-refractivity contribution in [2.75, 3.05) is 5.75 Å². The first kappa shape index (κ1) is 21.7. The molecular formula is C29H21NO3S. The fourth-order valence-electron chi connectivity index (χ4n) is 3.48. The maximum absolute atomic E-state index is 12.8. The zero-order valence-electron chi connectivity index (χ0n) is 18.3. The largest absolute Gasteiger partial charge is 0.457 e. The van der Waals surface area contributed by atoms with E-state index in [2.05, 4.69) is 0 Å². The summed E-state index contributed by atoms with van der Waals surface area (Å²) >= 11 is 1.30. The van der Waals surface area contributed by atoms with Crippen LogP contribution in [0.2, 0.25) is 0 Å². The molecule has 0 spiro atoms. The second-order valence-corrected chi connectivity index (χ2v) is 8.47. The summed E-state index contributed by atoms with van der Waals surface area (Å²) in [5.41, 5.74) is 3.30. The van der Waals surface area contributed by atoms with Crippen LogP contribution in [0.1, 0.15) is 10.4 Å². The molecule has 0 aliphatic carbocycles. The molecule has 4 nitrogen and oxygen atoms in total. The molecule has 0 N–H and O–H groups in total. The second-order valence-electron chi connectivity index (χ2n) is 7.54. The Hall–Kier alpha value is -4.09. The number of carbonyl (C=O) groups excluding carboxylic acids is 1. The van der Waals surface area contributed by atoms with Gasteiger partial charge in [-0.15, -0.1) is 0 Å². The fourth-order valence-corrected chi connectivity index (χ4v) is 4.20. The minimum Gasteiger partial charge on any atom is -0.457 e. The van der Waals surface area contributed by atoms with E-state index in [4.69, 9.17) is 14.1 Å². The molecule has 0 unspecified atom stereocenters. The van der Waals surface area contributed by atoms with Crippen LogP contribution in [-0.4, -0.2) is 16.5 Å². The standard InChI is InChI=1S/C29H21NO3S/c31-26(21-16-18-25(19-17-21)32-24-14-8-3-9-15-24)20-34-29-30-27(22-10-4-1-5-11-22)28(33-29)23-12-6-2-7-13-23/h1-19H,20H2. The Kier molecular flexibility index (Phi) is 6.54. The Balaban J connectivity index is 1.30. The van der Waals surface area contributed by atoms with Crippen LogP contribution in [-0.2, 0) is 0 Å². The lowest BCUT2D eigenvalue weighted by Gasteiger charge is -2.06. The molecule has 1 heterocycles. The topological polar surface area (TPSA) is 52.3 Å². The molecule has 0 fully saturated rings. The van der Waals surface area contributed by atoms with Crippen LogP contribution >= 0.6 is 11.8 Å². The highest BCUT2D eigenvalue weighted by atomic mass is 32.2. The van der Waals surface area contributed by atoms with Gasteiger partial charge >= 0.3 is 0 Å². The number of hydrogen-bond acceptors (Lipinski definition) is 5. The van der Waals surface area contributed by atoms with Crippen molar-refractivity contribution in [3.63, 3.8) is 0 Å². The van der Waals surface area contributed by atoms with Crippen molar-refractivity contribution in [3.8, 4) is 34.1 Å².